The zero-order chi connectivity index (χ0) is 13.0. The molecule has 0 saturated carbocycles. The van der Waals surface area contributed by atoms with Gasteiger partial charge in [0.05, 0.1) is 0 Å². The van der Waals surface area contributed by atoms with Crippen LogP contribution >= 0.6 is 0 Å². The van der Waals surface area contributed by atoms with Crippen LogP contribution in [0.3, 0.4) is 0 Å². The first-order valence-corrected chi connectivity index (χ1v) is 5.64. The van der Waals surface area contributed by atoms with Crippen molar-refractivity contribution in [1.29, 1.82) is 0 Å². The van der Waals surface area contributed by atoms with Crippen LogP contribution in [0.5, 0.6) is 0 Å². The van der Waals surface area contributed by atoms with Gasteiger partial charge in [-0.2, -0.15) is 0 Å². The zero-order valence-corrected chi connectivity index (χ0v) is 10.6. The molecule has 0 aromatic heterocycles. The van der Waals surface area contributed by atoms with Crippen LogP contribution in [0.25, 0.3) is 0 Å². The van der Waals surface area contributed by atoms with Crippen LogP contribution in [0.1, 0.15) is 40.0 Å². The molecule has 0 aliphatic rings. The van der Waals surface area contributed by atoms with Gasteiger partial charge < -0.3 is 20.6 Å². The number of Topliss-reactive ketones (excluding diaryl/α,β-unsaturated/α-hetero) is 1. The summed E-state index contributed by atoms with van der Waals surface area (Å²) in [6, 6.07) is 0. The van der Waals surface area contributed by atoms with E-state index in [1.807, 2.05) is 13.8 Å². The van der Waals surface area contributed by atoms with Crippen molar-refractivity contribution in [1.82, 2.24) is 5.01 Å². The van der Waals surface area contributed by atoms with Gasteiger partial charge in [0, 0.05) is 37.9 Å². The Bertz CT molecular complexity index is 205. The minimum atomic E-state index is 0.0175. The maximum Gasteiger partial charge on any atom is 0.129 e. The van der Waals surface area contributed by atoms with E-state index in [2.05, 4.69) is 0 Å². The summed E-state index contributed by atoms with van der Waals surface area (Å²) in [7, 11) is 0. The van der Waals surface area contributed by atoms with E-state index in [1.165, 1.54) is 5.01 Å². The SMILES string of the molecule is CC.CC(=O)CCCN(N)/C=C(\N)CCO. The van der Waals surface area contributed by atoms with Crippen molar-refractivity contribution < 1.29 is 9.90 Å². The van der Waals surface area contributed by atoms with E-state index >= 15 is 0 Å². The number of hydrazine groups is 1. The molecule has 0 fully saturated rings. The van der Waals surface area contributed by atoms with Crippen LogP contribution < -0.4 is 11.6 Å². The molecular weight excluding hydrogens is 206 g/mol. The zero-order valence-electron chi connectivity index (χ0n) is 10.6. The largest absolute Gasteiger partial charge is 0.401 e. The Hall–Kier alpha value is -1.07. The molecule has 0 unspecified atom stereocenters. The van der Waals surface area contributed by atoms with Crippen molar-refractivity contribution in [2.75, 3.05) is 13.2 Å². The molecule has 0 amide bonds. The summed E-state index contributed by atoms with van der Waals surface area (Å²) in [5.74, 6) is 5.73. The number of aliphatic hydroxyl groups is 1. The number of carbonyl (C=O) groups excluding carboxylic acids is 1. The summed E-state index contributed by atoms with van der Waals surface area (Å²) < 4.78 is 0. The molecule has 0 atom stereocenters. The number of ketones is 1. The van der Waals surface area contributed by atoms with Gasteiger partial charge in [0.1, 0.15) is 5.78 Å². The molecule has 0 saturated heterocycles. The van der Waals surface area contributed by atoms with Crippen molar-refractivity contribution in [3.8, 4) is 0 Å². The molecule has 0 radical (unpaired) electrons. The fraction of sp³-hybridized carbons (Fsp3) is 0.727. The molecule has 0 aliphatic carbocycles. The first kappa shape index (κ1) is 17.3. The van der Waals surface area contributed by atoms with Crippen molar-refractivity contribution in [2.45, 2.75) is 40.0 Å². The fourth-order valence-corrected chi connectivity index (χ4v) is 0.982. The Morgan fingerprint density at radius 3 is 2.38 bits per heavy atom. The monoisotopic (exact) mass is 231 g/mol. The molecular formula is C11H25N3O2. The van der Waals surface area contributed by atoms with Crippen molar-refractivity contribution >= 4 is 5.78 Å². The summed E-state index contributed by atoms with van der Waals surface area (Å²) in [5, 5.41) is 10.0. The van der Waals surface area contributed by atoms with Gasteiger partial charge in [-0.1, -0.05) is 13.8 Å². The van der Waals surface area contributed by atoms with E-state index in [0.29, 0.717) is 25.1 Å². The van der Waals surface area contributed by atoms with E-state index < -0.39 is 0 Å². The summed E-state index contributed by atoms with van der Waals surface area (Å²) in [5.41, 5.74) is 6.07. The Labute approximate surface area is 98.1 Å². The lowest BCUT2D eigenvalue weighted by molar-refractivity contribution is -0.117. The molecule has 16 heavy (non-hydrogen) atoms. The maximum absolute atomic E-state index is 10.6. The van der Waals surface area contributed by atoms with Crippen LogP contribution in [0.2, 0.25) is 0 Å². The van der Waals surface area contributed by atoms with Crippen LogP contribution in [0.15, 0.2) is 11.9 Å². The summed E-state index contributed by atoms with van der Waals surface area (Å²) >= 11 is 0. The van der Waals surface area contributed by atoms with Gasteiger partial charge in [0.15, 0.2) is 0 Å². The van der Waals surface area contributed by atoms with Crippen LogP contribution in [0, 0.1) is 0 Å². The maximum atomic E-state index is 10.6. The normalized spacial score (nSPS) is 10.4. The predicted molar refractivity (Wildman–Crippen MR) is 66.1 cm³/mol. The second-order valence-electron chi connectivity index (χ2n) is 3.22. The number of nitrogens with two attached hydrogens (primary N) is 2. The average Bonchev–Trinajstić information content (AvgIpc) is 2.20. The number of aliphatic hydroxyl groups excluding tert-OH is 1. The molecule has 5 N–H and O–H groups in total. The molecule has 0 bridgehead atoms. The highest BCUT2D eigenvalue weighted by atomic mass is 16.3. The lowest BCUT2D eigenvalue weighted by Crippen LogP contribution is -2.28. The van der Waals surface area contributed by atoms with Gasteiger partial charge in [-0.3, -0.25) is 0 Å². The second-order valence-corrected chi connectivity index (χ2v) is 3.22. The highest BCUT2D eigenvalue weighted by molar-refractivity contribution is 5.75. The van der Waals surface area contributed by atoms with Crippen molar-refractivity contribution in [2.24, 2.45) is 11.6 Å². The van der Waals surface area contributed by atoms with E-state index in [0.717, 1.165) is 6.42 Å². The smallest absolute Gasteiger partial charge is 0.129 e. The number of rotatable bonds is 7. The number of hydrogen-bond donors (Lipinski definition) is 3. The molecule has 0 spiro atoms. The first-order valence-electron chi connectivity index (χ1n) is 5.64. The number of hydrogen-bond acceptors (Lipinski definition) is 5. The van der Waals surface area contributed by atoms with E-state index in [1.54, 1.807) is 13.1 Å². The predicted octanol–water partition coefficient (Wildman–Crippen LogP) is 0.740. The molecule has 5 nitrogen and oxygen atoms in total. The van der Waals surface area contributed by atoms with E-state index in [9.17, 15) is 4.79 Å². The number of carbonyl (C=O) groups is 1. The van der Waals surface area contributed by atoms with Gasteiger partial charge in [0.25, 0.3) is 0 Å². The third kappa shape index (κ3) is 12.9. The highest BCUT2D eigenvalue weighted by Gasteiger charge is 1.97. The lowest BCUT2D eigenvalue weighted by Gasteiger charge is -2.14. The standard InChI is InChI=1S/C9H19N3O2.C2H6/c1-8(14)3-2-5-12(11)7-9(10)4-6-13;1-2/h7,13H,2-6,10-11H2,1H3;1-2H3/b9-7-;. The Morgan fingerprint density at radius 2 is 1.94 bits per heavy atom. The van der Waals surface area contributed by atoms with Gasteiger partial charge >= 0.3 is 0 Å². The lowest BCUT2D eigenvalue weighted by atomic mass is 10.2. The fourth-order valence-electron chi connectivity index (χ4n) is 0.982. The van der Waals surface area contributed by atoms with Crippen LogP contribution in [0.4, 0.5) is 0 Å². The van der Waals surface area contributed by atoms with E-state index in [-0.39, 0.29) is 12.4 Å². The Kier molecular flexibility index (Phi) is 13.0. The molecule has 96 valence electrons. The van der Waals surface area contributed by atoms with Gasteiger partial charge in [-0.05, 0) is 13.3 Å². The molecule has 0 aromatic rings. The molecule has 5 heteroatoms. The molecule has 0 aromatic carbocycles. The van der Waals surface area contributed by atoms with Gasteiger partial charge in [0.2, 0.25) is 0 Å². The van der Waals surface area contributed by atoms with Gasteiger partial charge in [-0.25, -0.2) is 5.84 Å². The van der Waals surface area contributed by atoms with Crippen LogP contribution in [-0.2, 0) is 4.79 Å². The summed E-state index contributed by atoms with van der Waals surface area (Å²) in [6.07, 6.45) is 3.24. The molecule has 0 aliphatic heterocycles. The van der Waals surface area contributed by atoms with Crippen molar-refractivity contribution in [3.05, 3.63) is 11.9 Å². The number of nitrogens with zero attached hydrogens (tertiary/aromatic N) is 1. The quantitative estimate of drug-likeness (QED) is 0.444. The Balaban J connectivity index is 0. The second kappa shape index (κ2) is 12.0. The average molecular weight is 231 g/mol. The Morgan fingerprint density at radius 1 is 1.38 bits per heavy atom. The minimum absolute atomic E-state index is 0.0175. The minimum Gasteiger partial charge on any atom is -0.401 e. The summed E-state index contributed by atoms with van der Waals surface area (Å²) in [4.78, 5) is 10.6. The topological polar surface area (TPSA) is 92.6 Å². The molecule has 0 rings (SSSR count). The van der Waals surface area contributed by atoms with Crippen molar-refractivity contribution in [3.63, 3.8) is 0 Å². The highest BCUT2D eigenvalue weighted by Crippen LogP contribution is 1.96. The summed E-state index contributed by atoms with van der Waals surface area (Å²) in [6.45, 7) is 6.16. The van der Waals surface area contributed by atoms with E-state index in [4.69, 9.17) is 16.7 Å². The van der Waals surface area contributed by atoms with Gasteiger partial charge in [-0.15, -0.1) is 0 Å². The van der Waals surface area contributed by atoms with Crippen LogP contribution in [-0.4, -0.2) is 29.1 Å². The first-order chi connectivity index (χ1) is 7.56. The third-order valence-corrected chi connectivity index (χ3v) is 1.68. The third-order valence-electron chi connectivity index (χ3n) is 1.68. The molecule has 0 heterocycles.